The monoisotopic (exact) mass is 264 g/mol. The average molecular weight is 264 g/mol. The second-order valence-corrected chi connectivity index (χ2v) is 6.07. The van der Waals surface area contributed by atoms with Crippen LogP contribution in [-0.4, -0.2) is 23.5 Å². The third-order valence-corrected chi connectivity index (χ3v) is 4.60. The predicted molar refractivity (Wildman–Crippen MR) is 78.0 cm³/mol. The maximum Gasteiger partial charge on any atom is 0.253 e. The van der Waals surface area contributed by atoms with E-state index in [-0.39, 0.29) is 5.91 Å². The molecule has 0 aliphatic heterocycles. The largest absolute Gasteiger partial charge is 0.398 e. The first-order valence-electron chi connectivity index (χ1n) is 6.30. The SMILES string of the molecule is CSC1CCC(NC(=O)c2cc(C)ccc2N)C1. The number of amides is 1. The number of nitrogens with two attached hydrogens (primary N) is 1. The van der Waals surface area contributed by atoms with Crippen molar-refractivity contribution in [2.24, 2.45) is 0 Å². The average Bonchev–Trinajstić information content (AvgIpc) is 2.80. The zero-order chi connectivity index (χ0) is 13.1. The molecule has 18 heavy (non-hydrogen) atoms. The summed E-state index contributed by atoms with van der Waals surface area (Å²) in [4.78, 5) is 12.2. The number of nitrogens with one attached hydrogen (secondary N) is 1. The highest BCUT2D eigenvalue weighted by Gasteiger charge is 2.25. The van der Waals surface area contributed by atoms with Gasteiger partial charge in [-0.05, 0) is 44.6 Å². The molecule has 1 aliphatic rings. The van der Waals surface area contributed by atoms with Crippen LogP contribution in [0.3, 0.4) is 0 Å². The van der Waals surface area contributed by atoms with Crippen molar-refractivity contribution in [2.75, 3.05) is 12.0 Å². The van der Waals surface area contributed by atoms with Gasteiger partial charge in [0.05, 0.1) is 5.56 Å². The summed E-state index contributed by atoms with van der Waals surface area (Å²) in [5, 5.41) is 3.78. The molecule has 1 fully saturated rings. The normalized spacial score (nSPS) is 23.0. The van der Waals surface area contributed by atoms with Crippen LogP contribution in [0.15, 0.2) is 18.2 Å². The van der Waals surface area contributed by atoms with Gasteiger partial charge >= 0.3 is 0 Å². The summed E-state index contributed by atoms with van der Waals surface area (Å²) in [6, 6.07) is 5.87. The van der Waals surface area contributed by atoms with Crippen LogP contribution >= 0.6 is 11.8 Å². The van der Waals surface area contributed by atoms with Crippen molar-refractivity contribution in [3.8, 4) is 0 Å². The third kappa shape index (κ3) is 2.99. The molecule has 3 nitrogen and oxygen atoms in total. The van der Waals surface area contributed by atoms with Crippen molar-refractivity contribution < 1.29 is 4.79 Å². The number of thioether (sulfide) groups is 1. The molecular formula is C14H20N2OS. The smallest absolute Gasteiger partial charge is 0.253 e. The van der Waals surface area contributed by atoms with E-state index in [1.165, 1.54) is 6.42 Å². The molecule has 2 atom stereocenters. The fraction of sp³-hybridized carbons (Fsp3) is 0.500. The molecule has 1 aromatic rings. The number of nitrogen functional groups attached to an aromatic ring is 1. The van der Waals surface area contributed by atoms with E-state index in [1.807, 2.05) is 30.8 Å². The molecule has 4 heteroatoms. The molecule has 0 bridgehead atoms. The fourth-order valence-electron chi connectivity index (χ4n) is 2.42. The molecule has 1 aliphatic carbocycles. The lowest BCUT2D eigenvalue weighted by Gasteiger charge is -2.14. The van der Waals surface area contributed by atoms with E-state index in [2.05, 4.69) is 11.6 Å². The van der Waals surface area contributed by atoms with Crippen LogP contribution in [-0.2, 0) is 0 Å². The lowest BCUT2D eigenvalue weighted by molar-refractivity contribution is 0.0939. The van der Waals surface area contributed by atoms with Crippen molar-refractivity contribution in [3.63, 3.8) is 0 Å². The van der Waals surface area contributed by atoms with Gasteiger partial charge in [0, 0.05) is 17.0 Å². The molecule has 0 radical (unpaired) electrons. The number of benzene rings is 1. The number of rotatable bonds is 3. The maximum absolute atomic E-state index is 12.2. The van der Waals surface area contributed by atoms with Gasteiger partial charge in [-0.2, -0.15) is 11.8 Å². The number of hydrogen-bond donors (Lipinski definition) is 2. The Hall–Kier alpha value is -1.16. The second-order valence-electron chi connectivity index (χ2n) is 4.93. The van der Waals surface area contributed by atoms with Crippen LogP contribution in [0.2, 0.25) is 0 Å². The fourth-order valence-corrected chi connectivity index (χ4v) is 3.21. The topological polar surface area (TPSA) is 55.1 Å². The highest BCUT2D eigenvalue weighted by molar-refractivity contribution is 7.99. The van der Waals surface area contributed by atoms with E-state index in [9.17, 15) is 4.79 Å². The maximum atomic E-state index is 12.2. The van der Waals surface area contributed by atoms with E-state index in [4.69, 9.17) is 5.73 Å². The van der Waals surface area contributed by atoms with E-state index in [1.54, 1.807) is 6.07 Å². The predicted octanol–water partition coefficient (Wildman–Crippen LogP) is 2.59. The van der Waals surface area contributed by atoms with Crippen LogP contribution in [0.1, 0.15) is 35.2 Å². The van der Waals surface area contributed by atoms with Crippen LogP contribution in [0.4, 0.5) is 5.69 Å². The molecule has 0 saturated heterocycles. The molecular weight excluding hydrogens is 244 g/mol. The van der Waals surface area contributed by atoms with Crippen LogP contribution in [0.25, 0.3) is 0 Å². The minimum absolute atomic E-state index is 0.0389. The molecule has 0 aromatic heterocycles. The highest BCUT2D eigenvalue weighted by atomic mass is 32.2. The minimum atomic E-state index is -0.0389. The van der Waals surface area contributed by atoms with E-state index in [0.29, 0.717) is 22.5 Å². The summed E-state index contributed by atoms with van der Waals surface area (Å²) in [6.45, 7) is 1.97. The van der Waals surface area contributed by atoms with E-state index >= 15 is 0 Å². The van der Waals surface area contributed by atoms with Crippen LogP contribution in [0, 0.1) is 6.92 Å². The van der Waals surface area contributed by atoms with Gasteiger partial charge in [-0.3, -0.25) is 4.79 Å². The quantitative estimate of drug-likeness (QED) is 0.825. The van der Waals surface area contributed by atoms with Crippen LogP contribution < -0.4 is 11.1 Å². The summed E-state index contributed by atoms with van der Waals surface area (Å²) < 4.78 is 0. The number of anilines is 1. The molecule has 2 unspecified atom stereocenters. The number of hydrogen-bond acceptors (Lipinski definition) is 3. The van der Waals surface area contributed by atoms with Gasteiger partial charge in [0.1, 0.15) is 0 Å². The molecule has 1 saturated carbocycles. The Morgan fingerprint density at radius 2 is 2.22 bits per heavy atom. The lowest BCUT2D eigenvalue weighted by atomic mass is 10.1. The van der Waals surface area contributed by atoms with Crippen LogP contribution in [0.5, 0.6) is 0 Å². The zero-order valence-corrected chi connectivity index (χ0v) is 11.7. The third-order valence-electron chi connectivity index (χ3n) is 3.51. The van der Waals surface area contributed by atoms with Crippen molar-refractivity contribution >= 4 is 23.4 Å². The molecule has 98 valence electrons. The Bertz CT molecular complexity index is 447. The Labute approximate surface area is 113 Å². The van der Waals surface area contributed by atoms with E-state index in [0.717, 1.165) is 18.4 Å². The summed E-state index contributed by atoms with van der Waals surface area (Å²) in [5.41, 5.74) is 8.06. The van der Waals surface area contributed by atoms with Crippen molar-refractivity contribution in [3.05, 3.63) is 29.3 Å². The number of aryl methyl sites for hydroxylation is 1. The Morgan fingerprint density at radius 3 is 2.89 bits per heavy atom. The Morgan fingerprint density at radius 1 is 1.44 bits per heavy atom. The number of carbonyl (C=O) groups is 1. The molecule has 0 heterocycles. The Kier molecular flexibility index (Phi) is 4.17. The van der Waals surface area contributed by atoms with Gasteiger partial charge in [-0.15, -0.1) is 0 Å². The van der Waals surface area contributed by atoms with E-state index < -0.39 is 0 Å². The van der Waals surface area contributed by atoms with Crippen molar-refractivity contribution in [1.82, 2.24) is 5.32 Å². The molecule has 3 N–H and O–H groups in total. The first-order valence-corrected chi connectivity index (χ1v) is 7.58. The Balaban J connectivity index is 2.02. The minimum Gasteiger partial charge on any atom is -0.398 e. The zero-order valence-electron chi connectivity index (χ0n) is 10.9. The summed E-state index contributed by atoms with van der Waals surface area (Å²) in [6.07, 6.45) is 5.46. The molecule has 0 spiro atoms. The highest BCUT2D eigenvalue weighted by Crippen LogP contribution is 2.28. The van der Waals surface area contributed by atoms with Crippen molar-refractivity contribution in [1.29, 1.82) is 0 Å². The molecule has 1 amide bonds. The first-order chi connectivity index (χ1) is 8.60. The van der Waals surface area contributed by atoms with Gasteiger partial charge in [0.15, 0.2) is 0 Å². The molecule has 2 rings (SSSR count). The van der Waals surface area contributed by atoms with Gasteiger partial charge in [-0.25, -0.2) is 0 Å². The first kappa shape index (κ1) is 13.3. The number of carbonyl (C=O) groups excluding carboxylic acids is 1. The van der Waals surface area contributed by atoms with Gasteiger partial charge < -0.3 is 11.1 Å². The summed E-state index contributed by atoms with van der Waals surface area (Å²) in [7, 11) is 0. The summed E-state index contributed by atoms with van der Waals surface area (Å²) >= 11 is 1.89. The lowest BCUT2D eigenvalue weighted by Crippen LogP contribution is -2.33. The van der Waals surface area contributed by atoms with Gasteiger partial charge in [0.25, 0.3) is 5.91 Å². The van der Waals surface area contributed by atoms with Gasteiger partial charge in [-0.1, -0.05) is 11.6 Å². The second kappa shape index (κ2) is 5.65. The van der Waals surface area contributed by atoms with Gasteiger partial charge in [0.2, 0.25) is 0 Å². The summed E-state index contributed by atoms with van der Waals surface area (Å²) in [5.74, 6) is -0.0389. The van der Waals surface area contributed by atoms with Crippen molar-refractivity contribution in [2.45, 2.75) is 37.5 Å². The molecule has 1 aromatic carbocycles. The standard InChI is InChI=1S/C14H20N2OS/c1-9-3-6-13(15)12(7-9)14(17)16-10-4-5-11(8-10)18-2/h3,6-7,10-11H,4-5,8,15H2,1-2H3,(H,16,17).